The molecule has 1 amide bonds. The van der Waals surface area contributed by atoms with Crippen LogP contribution in [0, 0.1) is 6.92 Å². The number of aryl methyl sites for hydroxylation is 1. The van der Waals surface area contributed by atoms with E-state index in [4.69, 9.17) is 0 Å². The third-order valence-corrected chi connectivity index (χ3v) is 6.12. The van der Waals surface area contributed by atoms with Crippen molar-refractivity contribution in [2.45, 2.75) is 51.5 Å². The Labute approximate surface area is 180 Å². The van der Waals surface area contributed by atoms with Crippen molar-refractivity contribution in [1.82, 2.24) is 24.5 Å². The van der Waals surface area contributed by atoms with Crippen molar-refractivity contribution in [2.75, 3.05) is 5.01 Å². The lowest BCUT2D eigenvalue weighted by Gasteiger charge is -2.23. The highest BCUT2D eigenvalue weighted by molar-refractivity contribution is 6.25. The molecule has 1 saturated carbocycles. The number of carbonyl (C=O) groups is 1. The van der Waals surface area contributed by atoms with E-state index in [1.807, 2.05) is 18.6 Å². The molecule has 0 unspecified atom stereocenters. The van der Waals surface area contributed by atoms with Crippen molar-refractivity contribution in [2.24, 2.45) is 5.10 Å². The Morgan fingerprint density at radius 3 is 2.77 bits per heavy atom. The number of imidazole rings is 1. The van der Waals surface area contributed by atoms with Crippen molar-refractivity contribution in [3.63, 3.8) is 0 Å². The number of anilines is 1. The number of hydrogen-bond acceptors (Lipinski definition) is 5. The van der Waals surface area contributed by atoms with E-state index < -0.39 is 0 Å². The summed E-state index contributed by atoms with van der Waals surface area (Å²) >= 11 is 0. The molecular formula is C23H25N7O. The van der Waals surface area contributed by atoms with Gasteiger partial charge in [0.2, 0.25) is 0 Å². The third kappa shape index (κ3) is 3.81. The van der Waals surface area contributed by atoms with Gasteiger partial charge >= 0.3 is 0 Å². The van der Waals surface area contributed by atoms with Gasteiger partial charge in [0.05, 0.1) is 30.9 Å². The molecule has 0 aromatic carbocycles. The van der Waals surface area contributed by atoms with Gasteiger partial charge < -0.3 is 9.55 Å². The molecule has 0 bridgehead atoms. The van der Waals surface area contributed by atoms with Crippen LogP contribution < -0.4 is 5.01 Å². The van der Waals surface area contributed by atoms with Crippen LogP contribution in [0.2, 0.25) is 0 Å². The van der Waals surface area contributed by atoms with Gasteiger partial charge in [-0.2, -0.15) is 10.1 Å². The summed E-state index contributed by atoms with van der Waals surface area (Å²) in [4.78, 5) is 29.0. The Morgan fingerprint density at radius 2 is 2.03 bits per heavy atom. The Kier molecular flexibility index (Phi) is 5.19. The number of rotatable bonds is 5. The summed E-state index contributed by atoms with van der Waals surface area (Å²) in [7, 11) is 0. The van der Waals surface area contributed by atoms with Gasteiger partial charge in [-0.15, -0.1) is 0 Å². The average molecular weight is 416 g/mol. The van der Waals surface area contributed by atoms with Gasteiger partial charge in [0.1, 0.15) is 0 Å². The van der Waals surface area contributed by atoms with E-state index in [0.717, 1.165) is 17.9 Å². The van der Waals surface area contributed by atoms with Crippen LogP contribution in [-0.2, 0) is 11.3 Å². The van der Waals surface area contributed by atoms with Gasteiger partial charge in [-0.1, -0.05) is 19.3 Å². The van der Waals surface area contributed by atoms with E-state index in [9.17, 15) is 4.79 Å². The van der Waals surface area contributed by atoms with Crippen molar-refractivity contribution >= 4 is 24.0 Å². The van der Waals surface area contributed by atoms with E-state index in [0.29, 0.717) is 17.3 Å². The number of H-pyrrole nitrogens is 1. The molecule has 0 spiro atoms. The molecule has 3 aromatic heterocycles. The van der Waals surface area contributed by atoms with Gasteiger partial charge in [-0.25, -0.2) is 9.97 Å². The van der Waals surface area contributed by atoms with Gasteiger partial charge in [0.25, 0.3) is 5.91 Å². The van der Waals surface area contributed by atoms with Crippen molar-refractivity contribution in [3.05, 3.63) is 65.4 Å². The van der Waals surface area contributed by atoms with Crippen molar-refractivity contribution in [1.29, 1.82) is 0 Å². The molecule has 31 heavy (non-hydrogen) atoms. The minimum absolute atomic E-state index is 0.196. The highest BCUT2D eigenvalue weighted by Gasteiger charge is 2.28. The van der Waals surface area contributed by atoms with Crippen LogP contribution in [0.15, 0.2) is 48.0 Å². The number of aromatic nitrogens is 5. The largest absolute Gasteiger partial charge is 0.359 e. The SMILES string of the molecule is Cc1[nH]c(/C=C2\C=NN(c3cnccn3)C2=O)c(C2CCCCC2)c1Cn1ccnc1. The summed E-state index contributed by atoms with van der Waals surface area (Å²) in [5.74, 6) is 0.718. The van der Waals surface area contributed by atoms with Crippen LogP contribution in [0.4, 0.5) is 5.82 Å². The van der Waals surface area contributed by atoms with Gasteiger partial charge in [0.15, 0.2) is 5.82 Å². The Bertz CT molecular complexity index is 1120. The first-order valence-electron chi connectivity index (χ1n) is 10.7. The molecule has 5 rings (SSSR count). The molecule has 1 aliphatic heterocycles. The minimum atomic E-state index is -0.196. The monoisotopic (exact) mass is 415 g/mol. The molecule has 3 aromatic rings. The molecule has 8 nitrogen and oxygen atoms in total. The van der Waals surface area contributed by atoms with Crippen LogP contribution >= 0.6 is 0 Å². The summed E-state index contributed by atoms with van der Waals surface area (Å²) < 4.78 is 2.09. The first-order chi connectivity index (χ1) is 15.2. The fourth-order valence-corrected chi connectivity index (χ4v) is 4.62. The summed E-state index contributed by atoms with van der Waals surface area (Å²) in [5, 5.41) is 5.55. The van der Waals surface area contributed by atoms with E-state index in [1.54, 1.807) is 24.8 Å². The molecule has 158 valence electrons. The second kappa shape index (κ2) is 8.29. The van der Waals surface area contributed by atoms with E-state index in [-0.39, 0.29) is 5.91 Å². The van der Waals surface area contributed by atoms with Crippen molar-refractivity contribution in [3.8, 4) is 0 Å². The molecular weight excluding hydrogens is 390 g/mol. The molecule has 2 aliphatic rings. The summed E-state index contributed by atoms with van der Waals surface area (Å²) in [5.41, 5.74) is 5.31. The first kappa shape index (κ1) is 19.4. The number of carbonyl (C=O) groups excluding carboxylic acids is 1. The normalized spacial score (nSPS) is 18.4. The summed E-state index contributed by atoms with van der Waals surface area (Å²) in [6.07, 6.45) is 20.0. The molecule has 4 heterocycles. The molecule has 1 N–H and O–H groups in total. The number of nitrogens with one attached hydrogen (secondary N) is 1. The Morgan fingerprint density at radius 1 is 1.16 bits per heavy atom. The number of amides is 1. The predicted octanol–water partition coefficient (Wildman–Crippen LogP) is 3.82. The van der Waals surface area contributed by atoms with Crippen LogP contribution in [0.25, 0.3) is 6.08 Å². The van der Waals surface area contributed by atoms with Gasteiger partial charge in [-0.05, 0) is 42.9 Å². The lowest BCUT2D eigenvalue weighted by atomic mass is 9.81. The zero-order chi connectivity index (χ0) is 21.2. The topological polar surface area (TPSA) is 92.1 Å². The molecule has 0 atom stereocenters. The zero-order valence-corrected chi connectivity index (χ0v) is 17.5. The maximum atomic E-state index is 13.0. The Hall–Kier alpha value is -3.55. The fourth-order valence-electron chi connectivity index (χ4n) is 4.62. The lowest BCUT2D eigenvalue weighted by Crippen LogP contribution is -2.22. The molecule has 0 saturated heterocycles. The third-order valence-electron chi connectivity index (χ3n) is 6.12. The van der Waals surface area contributed by atoms with Crippen LogP contribution in [0.1, 0.15) is 60.5 Å². The standard InChI is InChI=1S/C23H25N7O/c1-16-19(14-29-10-9-25-15-29)22(17-5-3-2-4-6-17)20(28-16)11-18-12-27-30(23(18)31)21-13-24-7-8-26-21/h7-13,15,17,28H,2-6,14H2,1H3/b18-11+. The molecule has 1 aliphatic carbocycles. The maximum Gasteiger partial charge on any atom is 0.281 e. The van der Waals surface area contributed by atoms with E-state index in [1.165, 1.54) is 54.4 Å². The van der Waals surface area contributed by atoms with Crippen LogP contribution in [0.3, 0.4) is 0 Å². The highest BCUT2D eigenvalue weighted by Crippen LogP contribution is 2.39. The minimum Gasteiger partial charge on any atom is -0.359 e. The highest BCUT2D eigenvalue weighted by atomic mass is 16.2. The number of nitrogens with zero attached hydrogens (tertiary/aromatic N) is 6. The smallest absolute Gasteiger partial charge is 0.281 e. The van der Waals surface area contributed by atoms with Gasteiger partial charge in [0, 0.05) is 36.2 Å². The quantitative estimate of drug-likeness (QED) is 0.641. The molecule has 0 radical (unpaired) electrons. The summed E-state index contributed by atoms with van der Waals surface area (Å²) in [6, 6.07) is 0. The van der Waals surface area contributed by atoms with Crippen LogP contribution in [-0.4, -0.2) is 36.6 Å². The second-order valence-corrected chi connectivity index (χ2v) is 8.15. The van der Waals surface area contributed by atoms with E-state index >= 15 is 0 Å². The zero-order valence-electron chi connectivity index (χ0n) is 17.5. The maximum absolute atomic E-state index is 13.0. The number of aromatic amines is 1. The van der Waals surface area contributed by atoms with Crippen LogP contribution in [0.5, 0.6) is 0 Å². The first-order valence-corrected chi connectivity index (χ1v) is 10.7. The van der Waals surface area contributed by atoms with Crippen molar-refractivity contribution < 1.29 is 4.79 Å². The lowest BCUT2D eigenvalue weighted by molar-refractivity contribution is -0.114. The second-order valence-electron chi connectivity index (χ2n) is 8.15. The van der Waals surface area contributed by atoms with Gasteiger partial charge in [-0.3, -0.25) is 9.78 Å². The fraction of sp³-hybridized carbons (Fsp3) is 0.348. The summed E-state index contributed by atoms with van der Waals surface area (Å²) in [6.45, 7) is 2.88. The number of hydrazone groups is 1. The average Bonchev–Trinajstić information content (AvgIpc) is 3.51. The predicted molar refractivity (Wildman–Crippen MR) is 119 cm³/mol. The Balaban J connectivity index is 1.51. The molecule has 8 heteroatoms. The molecule has 1 fully saturated rings. The van der Waals surface area contributed by atoms with E-state index in [2.05, 4.69) is 36.5 Å². The number of hydrogen-bond donors (Lipinski definition) is 1.